The Labute approximate surface area is 224 Å². The van der Waals surface area contributed by atoms with Crippen LogP contribution in [0.5, 0.6) is 0 Å². The molecule has 0 aliphatic rings. The van der Waals surface area contributed by atoms with Crippen molar-refractivity contribution in [2.75, 3.05) is 10.8 Å². The maximum Gasteiger partial charge on any atom is 0.264 e. The van der Waals surface area contributed by atoms with Gasteiger partial charge in [0.15, 0.2) is 0 Å². The van der Waals surface area contributed by atoms with E-state index in [1.165, 1.54) is 5.56 Å². The van der Waals surface area contributed by atoms with Crippen LogP contribution in [-0.2, 0) is 14.8 Å². The van der Waals surface area contributed by atoms with Crippen LogP contribution < -0.4 is 9.73 Å². The van der Waals surface area contributed by atoms with Crippen LogP contribution in [0.3, 0.4) is 0 Å². The summed E-state index contributed by atoms with van der Waals surface area (Å²) in [6, 6.07) is 23.9. The first-order valence-corrected chi connectivity index (χ1v) is 13.7. The second kappa shape index (κ2) is 11.1. The van der Waals surface area contributed by atoms with Gasteiger partial charge in [-0.05, 0) is 76.6 Å². The van der Waals surface area contributed by atoms with Crippen molar-refractivity contribution in [2.45, 2.75) is 39.5 Å². The lowest BCUT2D eigenvalue weighted by Gasteiger charge is -2.25. The van der Waals surface area contributed by atoms with Gasteiger partial charge in [-0.25, -0.2) is 13.8 Å². The van der Waals surface area contributed by atoms with Crippen molar-refractivity contribution >= 4 is 27.8 Å². The number of carbonyl (C=O) groups is 1. The van der Waals surface area contributed by atoms with E-state index in [4.69, 9.17) is 0 Å². The largest absolute Gasteiger partial charge is 0.318 e. The molecule has 0 spiro atoms. The minimum absolute atomic E-state index is 0.117. The van der Waals surface area contributed by atoms with Gasteiger partial charge in [0.25, 0.3) is 15.9 Å². The summed E-state index contributed by atoms with van der Waals surface area (Å²) in [6.45, 7) is 9.34. The Hall–Kier alpha value is -4.17. The molecule has 0 fully saturated rings. The molecule has 38 heavy (non-hydrogen) atoms. The highest BCUT2D eigenvalue weighted by Crippen LogP contribution is 2.27. The summed E-state index contributed by atoms with van der Waals surface area (Å²) in [7, 11) is -3.99. The Morgan fingerprint density at radius 2 is 1.50 bits per heavy atom. The predicted molar refractivity (Wildman–Crippen MR) is 153 cm³/mol. The first-order valence-electron chi connectivity index (χ1n) is 12.3. The summed E-state index contributed by atoms with van der Waals surface area (Å²) >= 11 is 0. The highest BCUT2D eigenvalue weighted by atomic mass is 32.2. The Morgan fingerprint density at radius 1 is 0.895 bits per heavy atom. The molecule has 4 rings (SSSR count). The van der Waals surface area contributed by atoms with Gasteiger partial charge >= 0.3 is 0 Å². The number of hydrazone groups is 1. The molecule has 1 amide bonds. The molecule has 196 valence electrons. The highest BCUT2D eigenvalue weighted by molar-refractivity contribution is 7.92. The number of nitrogens with zero attached hydrogens (tertiary/aromatic N) is 3. The molecule has 4 aromatic rings. The van der Waals surface area contributed by atoms with E-state index in [0.717, 1.165) is 38.1 Å². The van der Waals surface area contributed by atoms with Crippen LogP contribution in [0, 0.1) is 34.6 Å². The SMILES string of the molecule is Cc1ccc(-n2c(C)cc(/C=N/NC(=O)CN(c3ccccc3C)S(=O)(=O)c3ccc(C)cc3)c2C)cc1. The number of anilines is 1. The third-order valence-corrected chi connectivity index (χ3v) is 8.21. The lowest BCUT2D eigenvalue weighted by molar-refractivity contribution is -0.119. The van der Waals surface area contributed by atoms with Crippen LogP contribution in [0.2, 0.25) is 0 Å². The summed E-state index contributed by atoms with van der Waals surface area (Å²) in [5.41, 5.74) is 9.72. The molecular weight excluding hydrogens is 496 g/mol. The monoisotopic (exact) mass is 528 g/mol. The summed E-state index contributed by atoms with van der Waals surface area (Å²) in [5.74, 6) is -0.549. The van der Waals surface area contributed by atoms with Gasteiger partial charge in [0, 0.05) is 22.6 Å². The molecule has 0 aliphatic carbocycles. The molecule has 0 bridgehead atoms. The second-order valence-corrected chi connectivity index (χ2v) is 11.3. The molecule has 0 saturated carbocycles. The Morgan fingerprint density at radius 3 is 2.13 bits per heavy atom. The number of rotatable bonds is 8. The topological polar surface area (TPSA) is 83.8 Å². The number of hydrogen-bond acceptors (Lipinski definition) is 4. The van der Waals surface area contributed by atoms with E-state index < -0.39 is 22.5 Å². The molecule has 0 radical (unpaired) electrons. The first kappa shape index (κ1) is 26.9. The van der Waals surface area contributed by atoms with Crippen LogP contribution in [0.25, 0.3) is 5.69 Å². The average molecular weight is 529 g/mol. The van der Waals surface area contributed by atoms with E-state index in [1.807, 2.05) is 52.8 Å². The van der Waals surface area contributed by atoms with E-state index in [-0.39, 0.29) is 4.90 Å². The smallest absolute Gasteiger partial charge is 0.264 e. The van der Waals surface area contributed by atoms with Crippen molar-refractivity contribution in [3.8, 4) is 5.69 Å². The molecule has 0 atom stereocenters. The number of aromatic nitrogens is 1. The fourth-order valence-electron chi connectivity index (χ4n) is 4.33. The van der Waals surface area contributed by atoms with Crippen molar-refractivity contribution < 1.29 is 13.2 Å². The minimum atomic E-state index is -3.99. The van der Waals surface area contributed by atoms with Gasteiger partial charge < -0.3 is 4.57 Å². The number of para-hydroxylation sites is 1. The molecule has 1 aromatic heterocycles. The van der Waals surface area contributed by atoms with Crippen LogP contribution in [-0.4, -0.2) is 31.7 Å². The zero-order valence-corrected chi connectivity index (χ0v) is 23.1. The van der Waals surface area contributed by atoms with Gasteiger partial charge in [0.05, 0.1) is 16.8 Å². The van der Waals surface area contributed by atoms with E-state index >= 15 is 0 Å². The fourth-order valence-corrected chi connectivity index (χ4v) is 5.81. The third kappa shape index (κ3) is 5.70. The number of benzene rings is 3. The van der Waals surface area contributed by atoms with Crippen LogP contribution in [0.1, 0.15) is 33.6 Å². The van der Waals surface area contributed by atoms with Crippen molar-refractivity contribution in [2.24, 2.45) is 5.10 Å². The van der Waals surface area contributed by atoms with Crippen LogP contribution >= 0.6 is 0 Å². The molecule has 0 unspecified atom stereocenters. The quantitative estimate of drug-likeness (QED) is 0.247. The number of carbonyl (C=O) groups excluding carboxylic acids is 1. The lowest BCUT2D eigenvalue weighted by atomic mass is 10.2. The lowest BCUT2D eigenvalue weighted by Crippen LogP contribution is -2.40. The third-order valence-electron chi connectivity index (χ3n) is 6.44. The Bertz CT molecular complexity index is 1590. The summed E-state index contributed by atoms with van der Waals surface area (Å²) < 4.78 is 30.4. The fraction of sp³-hybridized carbons (Fsp3) is 0.200. The summed E-state index contributed by atoms with van der Waals surface area (Å²) in [6.07, 6.45) is 1.58. The molecular formula is C30H32N4O3S. The maximum absolute atomic E-state index is 13.6. The van der Waals surface area contributed by atoms with E-state index in [0.29, 0.717) is 5.69 Å². The van der Waals surface area contributed by atoms with Crippen LogP contribution in [0.4, 0.5) is 5.69 Å². The normalized spacial score (nSPS) is 11.6. The van der Waals surface area contributed by atoms with Gasteiger partial charge in [0.2, 0.25) is 0 Å². The summed E-state index contributed by atoms with van der Waals surface area (Å²) in [5, 5.41) is 4.14. The van der Waals surface area contributed by atoms with Crippen LogP contribution in [0.15, 0.2) is 88.9 Å². The zero-order chi connectivity index (χ0) is 27.4. The number of amides is 1. The second-order valence-electron chi connectivity index (χ2n) is 9.40. The molecule has 3 aromatic carbocycles. The maximum atomic E-state index is 13.6. The highest BCUT2D eigenvalue weighted by Gasteiger charge is 2.28. The van der Waals surface area contributed by atoms with E-state index in [9.17, 15) is 13.2 Å². The first-order chi connectivity index (χ1) is 18.1. The van der Waals surface area contributed by atoms with E-state index in [1.54, 1.807) is 42.6 Å². The van der Waals surface area contributed by atoms with Gasteiger partial charge in [-0.3, -0.25) is 9.10 Å². The molecule has 8 heteroatoms. The zero-order valence-electron chi connectivity index (χ0n) is 22.3. The predicted octanol–water partition coefficient (Wildman–Crippen LogP) is 5.37. The summed E-state index contributed by atoms with van der Waals surface area (Å²) in [4.78, 5) is 13.1. The number of hydrogen-bond donors (Lipinski definition) is 1. The molecule has 1 N–H and O–H groups in total. The molecule has 0 saturated heterocycles. The number of sulfonamides is 1. The van der Waals surface area contributed by atoms with Crippen molar-refractivity contribution in [1.29, 1.82) is 0 Å². The standard InChI is InChI=1S/C30H32N4O3S/c1-21-10-14-27(15-11-21)34-24(4)18-26(25(34)5)19-31-32-30(35)20-33(29-9-7-6-8-23(29)3)38(36,37)28-16-12-22(2)13-17-28/h6-19H,20H2,1-5H3,(H,32,35)/b31-19+. The van der Waals surface area contributed by atoms with E-state index in [2.05, 4.69) is 39.4 Å². The van der Waals surface area contributed by atoms with Gasteiger partial charge in [-0.1, -0.05) is 53.6 Å². The molecule has 1 heterocycles. The van der Waals surface area contributed by atoms with Crippen molar-refractivity contribution in [3.63, 3.8) is 0 Å². The van der Waals surface area contributed by atoms with Crippen molar-refractivity contribution in [3.05, 3.63) is 113 Å². The minimum Gasteiger partial charge on any atom is -0.318 e. The average Bonchev–Trinajstić information content (AvgIpc) is 3.16. The Balaban J connectivity index is 1.56. The van der Waals surface area contributed by atoms with Gasteiger partial charge in [-0.2, -0.15) is 5.10 Å². The van der Waals surface area contributed by atoms with Crippen molar-refractivity contribution in [1.82, 2.24) is 9.99 Å². The molecule has 0 aliphatic heterocycles. The number of aryl methyl sites for hydroxylation is 4. The van der Waals surface area contributed by atoms with Gasteiger partial charge in [0.1, 0.15) is 6.54 Å². The van der Waals surface area contributed by atoms with Gasteiger partial charge in [-0.15, -0.1) is 0 Å². The molecule has 7 nitrogen and oxygen atoms in total. The Kier molecular flexibility index (Phi) is 7.83. The number of nitrogens with one attached hydrogen (secondary N) is 1.